The van der Waals surface area contributed by atoms with Gasteiger partial charge in [-0.2, -0.15) is 0 Å². The number of rotatable bonds is 5. The normalized spacial score (nSPS) is 16.8. The second-order valence-electron chi connectivity index (χ2n) is 5.51. The van der Waals surface area contributed by atoms with Gasteiger partial charge in [0.25, 0.3) is 0 Å². The van der Waals surface area contributed by atoms with E-state index in [1.54, 1.807) is 11.1 Å². The summed E-state index contributed by atoms with van der Waals surface area (Å²) < 4.78 is 5.42. The Hall–Kier alpha value is -2.28. The fourth-order valence-corrected chi connectivity index (χ4v) is 3.77. The van der Waals surface area contributed by atoms with Crippen LogP contribution in [0.15, 0.2) is 39.9 Å². The minimum absolute atomic E-state index is 0.0491. The van der Waals surface area contributed by atoms with Crippen molar-refractivity contribution in [2.45, 2.75) is 37.1 Å². The van der Waals surface area contributed by atoms with Crippen LogP contribution in [-0.4, -0.2) is 28.6 Å². The molecule has 126 valence electrons. The number of anilines is 1. The largest absolute Gasteiger partial charge is 0.465 e. The van der Waals surface area contributed by atoms with Crippen LogP contribution in [0.1, 0.15) is 24.9 Å². The maximum absolute atomic E-state index is 12.6. The minimum Gasteiger partial charge on any atom is -0.465 e. The summed E-state index contributed by atoms with van der Waals surface area (Å²) in [6.07, 6.45) is 1.82. The number of nitrogens with zero attached hydrogens (tertiary/aromatic N) is 2. The molecule has 7 heteroatoms. The van der Waals surface area contributed by atoms with Crippen molar-refractivity contribution in [3.63, 3.8) is 0 Å². The van der Waals surface area contributed by atoms with E-state index in [2.05, 4.69) is 10.3 Å². The van der Waals surface area contributed by atoms with Crippen molar-refractivity contribution >= 4 is 29.3 Å². The highest BCUT2D eigenvalue weighted by molar-refractivity contribution is 8.00. The quantitative estimate of drug-likeness (QED) is 0.901. The lowest BCUT2D eigenvalue weighted by atomic mass is 10.2. The Morgan fingerprint density at radius 2 is 2.25 bits per heavy atom. The minimum atomic E-state index is -0.453. The van der Waals surface area contributed by atoms with E-state index < -0.39 is 5.25 Å². The summed E-state index contributed by atoms with van der Waals surface area (Å²) in [4.78, 5) is 30.8. The van der Waals surface area contributed by atoms with Crippen LogP contribution in [0.4, 0.5) is 5.69 Å². The van der Waals surface area contributed by atoms with Gasteiger partial charge in [0.15, 0.2) is 0 Å². The van der Waals surface area contributed by atoms with Crippen molar-refractivity contribution in [2.75, 3.05) is 11.4 Å². The zero-order chi connectivity index (χ0) is 17.1. The molecule has 0 spiro atoms. The van der Waals surface area contributed by atoms with Crippen molar-refractivity contribution in [1.82, 2.24) is 10.3 Å². The number of carbonyl (C=O) groups excluding carboxylic acids is 2. The SMILES string of the molecule is CCN1C(=O)C(CC(=O)NCc2ccc(C)o2)Sc2ncccc21. The number of hydrogen-bond acceptors (Lipinski definition) is 5. The van der Waals surface area contributed by atoms with Gasteiger partial charge in [-0.3, -0.25) is 9.59 Å². The van der Waals surface area contributed by atoms with E-state index in [4.69, 9.17) is 4.42 Å². The summed E-state index contributed by atoms with van der Waals surface area (Å²) in [5, 5.41) is 3.14. The number of pyridine rings is 1. The Labute approximate surface area is 144 Å². The monoisotopic (exact) mass is 345 g/mol. The van der Waals surface area contributed by atoms with E-state index in [1.165, 1.54) is 11.8 Å². The standard InChI is InChI=1S/C17H19N3O3S/c1-3-20-13-5-4-8-18-16(13)24-14(17(20)22)9-15(21)19-10-12-7-6-11(2)23-12/h4-8,14H,3,9-10H2,1-2H3,(H,19,21). The van der Waals surface area contributed by atoms with Crippen LogP contribution >= 0.6 is 11.8 Å². The number of furan rings is 1. The van der Waals surface area contributed by atoms with Crippen molar-refractivity contribution in [3.8, 4) is 0 Å². The Balaban J connectivity index is 1.64. The van der Waals surface area contributed by atoms with E-state index in [-0.39, 0.29) is 18.2 Å². The van der Waals surface area contributed by atoms with Crippen LogP contribution in [0, 0.1) is 6.92 Å². The molecule has 2 aromatic rings. The van der Waals surface area contributed by atoms with E-state index >= 15 is 0 Å². The summed E-state index contributed by atoms with van der Waals surface area (Å²) in [5.74, 6) is 1.28. The lowest BCUT2D eigenvalue weighted by molar-refractivity contribution is -0.125. The molecule has 3 heterocycles. The number of thioether (sulfide) groups is 1. The summed E-state index contributed by atoms with van der Waals surface area (Å²) in [7, 11) is 0. The Kier molecular flexibility index (Phi) is 4.89. The molecule has 1 unspecified atom stereocenters. The van der Waals surface area contributed by atoms with Gasteiger partial charge in [-0.1, -0.05) is 11.8 Å². The molecule has 24 heavy (non-hydrogen) atoms. The van der Waals surface area contributed by atoms with Gasteiger partial charge in [0, 0.05) is 19.2 Å². The predicted molar refractivity (Wildman–Crippen MR) is 91.8 cm³/mol. The molecular weight excluding hydrogens is 326 g/mol. The number of hydrogen-bond donors (Lipinski definition) is 1. The van der Waals surface area contributed by atoms with E-state index in [1.807, 2.05) is 38.1 Å². The zero-order valence-electron chi connectivity index (χ0n) is 13.6. The Morgan fingerprint density at radius 1 is 1.42 bits per heavy atom. The topological polar surface area (TPSA) is 75.4 Å². The third-order valence-corrected chi connectivity index (χ3v) is 4.97. The Bertz CT molecular complexity index is 759. The van der Waals surface area contributed by atoms with Crippen molar-refractivity contribution in [3.05, 3.63) is 42.0 Å². The molecule has 0 saturated heterocycles. The molecule has 0 saturated carbocycles. The highest BCUT2D eigenvalue weighted by Gasteiger charge is 2.34. The Morgan fingerprint density at radius 3 is 2.96 bits per heavy atom. The van der Waals surface area contributed by atoms with Crippen molar-refractivity contribution in [2.24, 2.45) is 0 Å². The molecule has 1 atom stereocenters. The fourth-order valence-electron chi connectivity index (χ4n) is 2.62. The third-order valence-electron chi connectivity index (χ3n) is 3.78. The maximum atomic E-state index is 12.6. The average Bonchev–Trinajstić information content (AvgIpc) is 2.99. The summed E-state index contributed by atoms with van der Waals surface area (Å²) in [6.45, 7) is 4.65. The first kappa shape index (κ1) is 16.6. The van der Waals surface area contributed by atoms with Gasteiger partial charge in [-0.25, -0.2) is 4.98 Å². The highest BCUT2D eigenvalue weighted by Crippen LogP contribution is 2.38. The number of amides is 2. The molecule has 1 N–H and O–H groups in total. The molecule has 0 bridgehead atoms. The van der Waals surface area contributed by atoms with Gasteiger partial charge >= 0.3 is 0 Å². The molecule has 2 aromatic heterocycles. The summed E-state index contributed by atoms with van der Waals surface area (Å²) >= 11 is 1.35. The van der Waals surface area contributed by atoms with Gasteiger partial charge in [-0.05, 0) is 38.1 Å². The van der Waals surface area contributed by atoms with Crippen molar-refractivity contribution in [1.29, 1.82) is 0 Å². The van der Waals surface area contributed by atoms with Gasteiger partial charge in [0.1, 0.15) is 16.5 Å². The number of aromatic nitrogens is 1. The average molecular weight is 345 g/mol. The molecule has 2 amide bonds. The first-order chi connectivity index (χ1) is 11.6. The van der Waals surface area contributed by atoms with Crippen molar-refractivity contribution < 1.29 is 14.0 Å². The lowest BCUT2D eigenvalue weighted by Gasteiger charge is -2.31. The second kappa shape index (κ2) is 7.09. The van der Waals surface area contributed by atoms with E-state index in [0.29, 0.717) is 18.8 Å². The molecule has 1 aliphatic rings. The first-order valence-corrected chi connectivity index (χ1v) is 8.71. The smallest absolute Gasteiger partial charge is 0.241 e. The van der Waals surface area contributed by atoms with Crippen LogP contribution in [0.3, 0.4) is 0 Å². The molecule has 1 aliphatic heterocycles. The van der Waals surface area contributed by atoms with E-state index in [0.717, 1.165) is 16.5 Å². The van der Waals surface area contributed by atoms with Gasteiger partial charge in [-0.15, -0.1) is 0 Å². The predicted octanol–water partition coefficient (Wildman–Crippen LogP) is 2.52. The molecular formula is C17H19N3O3S. The summed E-state index contributed by atoms with van der Waals surface area (Å²) in [6, 6.07) is 7.37. The van der Waals surface area contributed by atoms with Crippen LogP contribution < -0.4 is 10.2 Å². The molecule has 0 aliphatic carbocycles. The number of fused-ring (bicyclic) bond motifs is 1. The number of nitrogens with one attached hydrogen (secondary N) is 1. The number of aryl methyl sites for hydroxylation is 1. The number of carbonyl (C=O) groups is 2. The maximum Gasteiger partial charge on any atom is 0.241 e. The van der Waals surface area contributed by atoms with Crippen LogP contribution in [0.5, 0.6) is 0 Å². The molecule has 0 radical (unpaired) electrons. The lowest BCUT2D eigenvalue weighted by Crippen LogP contribution is -2.43. The molecule has 3 rings (SSSR count). The van der Waals surface area contributed by atoms with Gasteiger partial charge in [0.05, 0.1) is 17.5 Å². The second-order valence-corrected chi connectivity index (χ2v) is 6.70. The van der Waals surface area contributed by atoms with Crippen LogP contribution in [0.2, 0.25) is 0 Å². The highest BCUT2D eigenvalue weighted by atomic mass is 32.2. The van der Waals surface area contributed by atoms with Crippen LogP contribution in [-0.2, 0) is 16.1 Å². The van der Waals surface area contributed by atoms with Gasteiger partial charge < -0.3 is 14.6 Å². The third kappa shape index (κ3) is 3.46. The molecule has 0 fully saturated rings. The van der Waals surface area contributed by atoms with E-state index in [9.17, 15) is 9.59 Å². The summed E-state index contributed by atoms with van der Waals surface area (Å²) in [5.41, 5.74) is 0.817. The zero-order valence-corrected chi connectivity index (χ0v) is 14.4. The molecule has 0 aromatic carbocycles. The fraction of sp³-hybridized carbons (Fsp3) is 0.353. The van der Waals surface area contributed by atoms with Gasteiger partial charge in [0.2, 0.25) is 11.8 Å². The molecule has 6 nitrogen and oxygen atoms in total. The first-order valence-electron chi connectivity index (χ1n) is 7.83. The van der Waals surface area contributed by atoms with Crippen LogP contribution in [0.25, 0.3) is 0 Å².